The van der Waals surface area contributed by atoms with Crippen LogP contribution in [0.1, 0.15) is 40.0 Å². The van der Waals surface area contributed by atoms with E-state index in [4.69, 9.17) is 9.84 Å². The monoisotopic (exact) mass is 486 g/mol. The van der Waals surface area contributed by atoms with Gasteiger partial charge < -0.3 is 24.7 Å². The van der Waals surface area contributed by atoms with Crippen molar-refractivity contribution in [2.45, 2.75) is 68.1 Å². The zero-order chi connectivity index (χ0) is 22.4. The van der Waals surface area contributed by atoms with Crippen molar-refractivity contribution in [2.24, 2.45) is 11.8 Å². The molecule has 168 valence electrons. The summed E-state index contributed by atoms with van der Waals surface area (Å²) >= 11 is 3.53. The zero-order valence-electron chi connectivity index (χ0n) is 17.7. The number of rotatable bonds is 8. The fourth-order valence-electron chi connectivity index (χ4n) is 5.30. The second-order valence-electron chi connectivity index (χ2n) is 9.37. The van der Waals surface area contributed by atoms with E-state index in [1.165, 1.54) is 4.90 Å². The number of nitrogens with zero attached hydrogens (tertiary/aromatic N) is 2. The summed E-state index contributed by atoms with van der Waals surface area (Å²) < 4.78 is 6.24. The van der Waals surface area contributed by atoms with Crippen LogP contribution >= 0.6 is 15.9 Å². The number of aliphatic carboxylic acids is 1. The largest absolute Gasteiger partial charge is 0.481 e. The van der Waals surface area contributed by atoms with E-state index in [1.807, 2.05) is 20.8 Å². The number of aliphatic hydroxyl groups excluding tert-OH is 1. The molecule has 2 N–H and O–H groups in total. The third-order valence-electron chi connectivity index (χ3n) is 6.50. The predicted octanol–water partition coefficient (Wildman–Crippen LogP) is 1.40. The first-order valence-corrected chi connectivity index (χ1v) is 11.3. The van der Waals surface area contributed by atoms with E-state index in [1.54, 1.807) is 11.0 Å². The molecule has 3 aliphatic rings. The van der Waals surface area contributed by atoms with Crippen LogP contribution < -0.4 is 0 Å². The number of unbranched alkanes of at least 4 members (excludes halogenated alkanes) is 1. The molecule has 9 heteroatoms. The summed E-state index contributed by atoms with van der Waals surface area (Å²) in [5, 5.41) is 19.0. The summed E-state index contributed by atoms with van der Waals surface area (Å²) in [4.78, 5) is 42.3. The molecule has 0 aromatic heterocycles. The van der Waals surface area contributed by atoms with E-state index >= 15 is 0 Å². The first-order chi connectivity index (χ1) is 14.0. The van der Waals surface area contributed by atoms with Crippen molar-refractivity contribution in [3.05, 3.63) is 12.7 Å². The normalized spacial score (nSPS) is 34.9. The molecule has 3 rings (SSSR count). The van der Waals surface area contributed by atoms with Gasteiger partial charge in [0.15, 0.2) is 0 Å². The second-order valence-corrected chi connectivity index (χ2v) is 10.5. The molecule has 3 aliphatic heterocycles. The Balaban J connectivity index is 2.06. The van der Waals surface area contributed by atoms with E-state index in [2.05, 4.69) is 22.5 Å². The number of carboxylic acids is 1. The minimum atomic E-state index is -1.17. The molecule has 0 aromatic carbocycles. The average molecular weight is 487 g/mol. The van der Waals surface area contributed by atoms with Crippen molar-refractivity contribution < 1.29 is 29.3 Å². The first kappa shape index (κ1) is 23.2. The minimum absolute atomic E-state index is 0.0143. The lowest BCUT2D eigenvalue weighted by Crippen LogP contribution is -2.60. The summed E-state index contributed by atoms with van der Waals surface area (Å²) in [6.07, 6.45) is 2.41. The van der Waals surface area contributed by atoms with E-state index < -0.39 is 41.1 Å². The van der Waals surface area contributed by atoms with Crippen molar-refractivity contribution in [3.63, 3.8) is 0 Å². The van der Waals surface area contributed by atoms with Gasteiger partial charge in [0.2, 0.25) is 11.8 Å². The number of carboxylic acid groups (broad SMARTS) is 1. The molecule has 0 aliphatic carbocycles. The number of likely N-dealkylation sites (tertiary alicyclic amines) is 1. The topological polar surface area (TPSA) is 107 Å². The Morgan fingerprint density at radius 2 is 2.07 bits per heavy atom. The quantitative estimate of drug-likeness (QED) is 0.305. The number of hydrogen-bond donors (Lipinski definition) is 2. The number of amides is 2. The van der Waals surface area contributed by atoms with Crippen molar-refractivity contribution in [2.75, 3.05) is 19.7 Å². The Kier molecular flexibility index (Phi) is 6.38. The molecule has 3 heterocycles. The van der Waals surface area contributed by atoms with Gasteiger partial charge in [-0.1, -0.05) is 22.0 Å². The standard InChI is InChI=1S/C21H31BrN2O6/c1-5-8-24(20(2,3)4)18(27)16-21-11-12(22)15(30-21)13(19(28)29)14(21)17(26)23(16)9-6-7-10-25/h5,12-16,25H,1,6-11H2,2-4H3,(H,28,29)/t12?,13-,14-,15-,16?,21?/m0/s1. The number of carbonyl (C=O) groups is 3. The van der Waals surface area contributed by atoms with Crippen LogP contribution in [0, 0.1) is 11.8 Å². The molecular formula is C21H31BrN2O6. The number of fused-ring (bicyclic) bond motifs is 1. The SMILES string of the molecule is C=CCN(C(=O)C1N(CCCCO)C(=O)[C@@H]2[C@H](C(=O)O)[C@H]3OC12CC3Br)C(C)(C)C. The second kappa shape index (κ2) is 8.24. The van der Waals surface area contributed by atoms with Gasteiger partial charge in [-0.2, -0.15) is 0 Å². The van der Waals surface area contributed by atoms with Gasteiger partial charge in [-0.05, 0) is 40.0 Å². The Morgan fingerprint density at radius 1 is 1.40 bits per heavy atom. The Labute approximate surface area is 185 Å². The molecule has 3 saturated heterocycles. The Morgan fingerprint density at radius 3 is 2.60 bits per heavy atom. The average Bonchev–Trinajstić information content (AvgIpc) is 3.22. The fourth-order valence-corrected chi connectivity index (χ4v) is 6.24. The highest BCUT2D eigenvalue weighted by molar-refractivity contribution is 9.09. The number of carbonyl (C=O) groups excluding carboxylic acids is 2. The Hall–Kier alpha value is -1.45. The van der Waals surface area contributed by atoms with Crippen LogP contribution in [-0.2, 0) is 19.1 Å². The van der Waals surface area contributed by atoms with Gasteiger partial charge in [0.25, 0.3) is 0 Å². The van der Waals surface area contributed by atoms with Crippen LogP contribution in [0.5, 0.6) is 0 Å². The van der Waals surface area contributed by atoms with Gasteiger partial charge in [0, 0.05) is 30.1 Å². The molecule has 1 spiro atoms. The molecule has 2 amide bonds. The number of alkyl halides is 1. The van der Waals surface area contributed by atoms with Crippen LogP contribution in [0.15, 0.2) is 12.7 Å². The van der Waals surface area contributed by atoms with Crippen LogP contribution in [-0.4, -0.2) is 85.6 Å². The molecular weight excluding hydrogens is 456 g/mol. The summed E-state index contributed by atoms with van der Waals surface area (Å²) in [5.74, 6) is -3.55. The lowest BCUT2D eigenvalue weighted by Gasteiger charge is -2.42. The van der Waals surface area contributed by atoms with Crippen LogP contribution in [0.3, 0.4) is 0 Å². The number of aliphatic hydroxyl groups is 1. The van der Waals surface area contributed by atoms with Crippen molar-refractivity contribution in [1.29, 1.82) is 0 Å². The molecule has 0 aromatic rings. The van der Waals surface area contributed by atoms with Crippen molar-refractivity contribution >= 4 is 33.7 Å². The number of halogens is 1. The van der Waals surface area contributed by atoms with E-state index in [0.29, 0.717) is 25.8 Å². The van der Waals surface area contributed by atoms with E-state index in [0.717, 1.165) is 0 Å². The smallest absolute Gasteiger partial charge is 0.310 e. The van der Waals surface area contributed by atoms with Gasteiger partial charge in [-0.3, -0.25) is 14.4 Å². The minimum Gasteiger partial charge on any atom is -0.481 e. The van der Waals surface area contributed by atoms with Crippen LogP contribution in [0.4, 0.5) is 0 Å². The fraction of sp³-hybridized carbons (Fsp3) is 0.762. The molecule has 2 bridgehead atoms. The molecule has 3 unspecified atom stereocenters. The third-order valence-corrected chi connectivity index (χ3v) is 7.35. The highest BCUT2D eigenvalue weighted by Gasteiger charge is 2.76. The summed E-state index contributed by atoms with van der Waals surface area (Å²) in [6.45, 7) is 10.1. The predicted molar refractivity (Wildman–Crippen MR) is 113 cm³/mol. The lowest BCUT2D eigenvalue weighted by molar-refractivity contribution is -0.152. The van der Waals surface area contributed by atoms with Gasteiger partial charge in [0.1, 0.15) is 11.6 Å². The van der Waals surface area contributed by atoms with Gasteiger partial charge in [-0.25, -0.2) is 0 Å². The first-order valence-electron chi connectivity index (χ1n) is 10.4. The van der Waals surface area contributed by atoms with E-state index in [-0.39, 0.29) is 29.8 Å². The Bertz CT molecular complexity index is 737. The summed E-state index contributed by atoms with van der Waals surface area (Å²) in [7, 11) is 0. The molecule has 30 heavy (non-hydrogen) atoms. The maximum atomic E-state index is 13.9. The van der Waals surface area contributed by atoms with Gasteiger partial charge in [0.05, 0.1) is 17.9 Å². The van der Waals surface area contributed by atoms with E-state index in [9.17, 15) is 19.5 Å². The number of hydrogen-bond acceptors (Lipinski definition) is 5. The molecule has 3 fully saturated rings. The maximum absolute atomic E-state index is 13.9. The van der Waals surface area contributed by atoms with Gasteiger partial charge in [-0.15, -0.1) is 6.58 Å². The van der Waals surface area contributed by atoms with Gasteiger partial charge >= 0.3 is 5.97 Å². The van der Waals surface area contributed by atoms with Crippen LogP contribution in [0.2, 0.25) is 0 Å². The molecule has 0 radical (unpaired) electrons. The maximum Gasteiger partial charge on any atom is 0.310 e. The molecule has 0 saturated carbocycles. The van der Waals surface area contributed by atoms with Crippen molar-refractivity contribution in [1.82, 2.24) is 9.80 Å². The number of ether oxygens (including phenoxy) is 1. The summed E-state index contributed by atoms with van der Waals surface area (Å²) in [5.41, 5.74) is -1.68. The lowest BCUT2D eigenvalue weighted by atomic mass is 9.70. The summed E-state index contributed by atoms with van der Waals surface area (Å²) in [6, 6.07) is -0.901. The molecule has 8 nitrogen and oxygen atoms in total. The molecule has 6 atom stereocenters. The highest BCUT2D eigenvalue weighted by atomic mass is 79.9. The zero-order valence-corrected chi connectivity index (χ0v) is 19.3. The van der Waals surface area contributed by atoms with Crippen molar-refractivity contribution in [3.8, 4) is 0 Å². The highest BCUT2D eigenvalue weighted by Crippen LogP contribution is 2.60. The third kappa shape index (κ3) is 3.48. The van der Waals surface area contributed by atoms with Crippen LogP contribution in [0.25, 0.3) is 0 Å².